The second kappa shape index (κ2) is 6.03. The van der Waals surface area contributed by atoms with Crippen LogP contribution in [0.25, 0.3) is 0 Å². The van der Waals surface area contributed by atoms with Crippen LogP contribution in [0.4, 0.5) is 0 Å². The molecule has 1 amide bonds. The van der Waals surface area contributed by atoms with E-state index in [1.807, 2.05) is 0 Å². The Morgan fingerprint density at radius 3 is 2.62 bits per heavy atom. The zero-order valence-electron chi connectivity index (χ0n) is 12.3. The summed E-state index contributed by atoms with van der Waals surface area (Å²) in [6.07, 6.45) is 0.569. The number of benzene rings is 1. The van der Waals surface area contributed by atoms with Gasteiger partial charge in [0.1, 0.15) is 11.5 Å². The van der Waals surface area contributed by atoms with Gasteiger partial charge in [0.15, 0.2) is 0 Å². The highest BCUT2D eigenvalue weighted by atomic mass is 16.5. The lowest BCUT2D eigenvalue weighted by atomic mass is 9.84. The molecule has 1 heterocycles. The number of aliphatic carboxylic acids is 1. The van der Waals surface area contributed by atoms with E-state index in [2.05, 4.69) is 0 Å². The van der Waals surface area contributed by atoms with Gasteiger partial charge in [0.2, 0.25) is 5.91 Å². The molecule has 1 N–H and O–H groups in total. The van der Waals surface area contributed by atoms with Crippen LogP contribution in [0.2, 0.25) is 0 Å². The van der Waals surface area contributed by atoms with Gasteiger partial charge < -0.3 is 19.5 Å². The summed E-state index contributed by atoms with van der Waals surface area (Å²) >= 11 is 0. The molecule has 2 rings (SSSR count). The van der Waals surface area contributed by atoms with Crippen LogP contribution in [-0.2, 0) is 9.59 Å². The standard InChI is InChI=1S/C15H19NO5/c1-16-13(17)7-5-10(15(18)19)14(16)11-8-9(20-2)4-6-12(11)21-3/h4,6,8,10,14H,5,7H2,1-3H3,(H,18,19). The Hall–Kier alpha value is -2.24. The van der Waals surface area contributed by atoms with Gasteiger partial charge in [0.25, 0.3) is 0 Å². The molecule has 6 nitrogen and oxygen atoms in total. The van der Waals surface area contributed by atoms with Gasteiger partial charge >= 0.3 is 5.97 Å². The molecular formula is C15H19NO5. The molecule has 0 bridgehead atoms. The molecule has 0 saturated carbocycles. The maximum atomic E-state index is 12.0. The van der Waals surface area contributed by atoms with Crippen molar-refractivity contribution in [2.75, 3.05) is 21.3 Å². The van der Waals surface area contributed by atoms with Crippen LogP contribution in [0.5, 0.6) is 11.5 Å². The molecule has 21 heavy (non-hydrogen) atoms. The number of hydrogen-bond donors (Lipinski definition) is 1. The van der Waals surface area contributed by atoms with Crippen molar-refractivity contribution >= 4 is 11.9 Å². The Labute approximate surface area is 123 Å². The first-order chi connectivity index (χ1) is 9.99. The van der Waals surface area contributed by atoms with Gasteiger partial charge in [-0.2, -0.15) is 0 Å². The predicted octanol–water partition coefficient (Wildman–Crippen LogP) is 1.70. The molecule has 1 fully saturated rings. The lowest BCUT2D eigenvalue weighted by Gasteiger charge is -2.37. The van der Waals surface area contributed by atoms with Gasteiger partial charge in [-0.15, -0.1) is 0 Å². The molecule has 0 aromatic heterocycles. The van der Waals surface area contributed by atoms with Crippen LogP contribution in [0.1, 0.15) is 24.4 Å². The van der Waals surface area contributed by atoms with Gasteiger partial charge in [0, 0.05) is 19.0 Å². The van der Waals surface area contributed by atoms with E-state index in [1.165, 1.54) is 19.1 Å². The number of ether oxygens (including phenoxy) is 2. The summed E-state index contributed by atoms with van der Waals surface area (Å²) in [4.78, 5) is 25.0. The van der Waals surface area contributed by atoms with Crippen LogP contribution in [0, 0.1) is 5.92 Å². The Balaban J connectivity index is 2.53. The summed E-state index contributed by atoms with van der Waals surface area (Å²) < 4.78 is 10.5. The fourth-order valence-corrected chi connectivity index (χ4v) is 2.79. The number of carbonyl (C=O) groups excluding carboxylic acids is 1. The number of carbonyl (C=O) groups is 2. The zero-order valence-corrected chi connectivity index (χ0v) is 12.3. The third kappa shape index (κ3) is 2.79. The predicted molar refractivity (Wildman–Crippen MR) is 75.4 cm³/mol. The number of hydrogen-bond acceptors (Lipinski definition) is 4. The molecule has 1 aromatic carbocycles. The largest absolute Gasteiger partial charge is 0.497 e. The molecule has 114 valence electrons. The summed E-state index contributed by atoms with van der Waals surface area (Å²) in [5.74, 6) is -0.490. The number of piperidine rings is 1. The Morgan fingerprint density at radius 1 is 1.33 bits per heavy atom. The monoisotopic (exact) mass is 293 g/mol. The molecule has 0 aliphatic carbocycles. The third-order valence-corrected chi connectivity index (χ3v) is 3.93. The highest BCUT2D eigenvalue weighted by Gasteiger charge is 2.40. The van der Waals surface area contributed by atoms with Crippen molar-refractivity contribution < 1.29 is 24.2 Å². The number of nitrogens with zero attached hydrogens (tertiary/aromatic N) is 1. The van der Waals surface area contributed by atoms with Gasteiger partial charge in [-0.1, -0.05) is 0 Å². The van der Waals surface area contributed by atoms with Gasteiger partial charge in [-0.05, 0) is 24.6 Å². The van der Waals surface area contributed by atoms with Crippen molar-refractivity contribution in [2.45, 2.75) is 18.9 Å². The first kappa shape index (κ1) is 15.2. The Kier molecular flexibility index (Phi) is 4.35. The Bertz CT molecular complexity index is 557. The highest BCUT2D eigenvalue weighted by Crippen LogP contribution is 2.41. The minimum atomic E-state index is -0.913. The molecule has 2 unspecified atom stereocenters. The summed E-state index contributed by atoms with van der Waals surface area (Å²) in [5, 5.41) is 9.45. The fraction of sp³-hybridized carbons (Fsp3) is 0.467. The molecule has 2 atom stereocenters. The maximum Gasteiger partial charge on any atom is 0.308 e. The zero-order chi connectivity index (χ0) is 15.6. The summed E-state index contributed by atoms with van der Waals surface area (Å²) in [6.45, 7) is 0. The minimum absolute atomic E-state index is 0.0672. The van der Waals surface area contributed by atoms with Gasteiger partial charge in [-0.25, -0.2) is 0 Å². The molecule has 1 saturated heterocycles. The number of rotatable bonds is 4. The lowest BCUT2D eigenvalue weighted by molar-refractivity contribution is -0.150. The van der Waals surface area contributed by atoms with Crippen LogP contribution in [0.15, 0.2) is 18.2 Å². The fourth-order valence-electron chi connectivity index (χ4n) is 2.79. The van der Waals surface area contributed by atoms with Crippen molar-refractivity contribution in [3.8, 4) is 11.5 Å². The van der Waals surface area contributed by atoms with E-state index < -0.39 is 17.9 Å². The number of amides is 1. The molecule has 1 aromatic rings. The Morgan fingerprint density at radius 2 is 2.05 bits per heavy atom. The topological polar surface area (TPSA) is 76.1 Å². The molecule has 0 spiro atoms. The normalized spacial score (nSPS) is 22.0. The van der Waals surface area contributed by atoms with E-state index >= 15 is 0 Å². The van der Waals surface area contributed by atoms with Crippen molar-refractivity contribution in [1.29, 1.82) is 0 Å². The van der Waals surface area contributed by atoms with E-state index in [-0.39, 0.29) is 12.3 Å². The lowest BCUT2D eigenvalue weighted by Crippen LogP contribution is -2.43. The number of carboxylic acids is 1. The third-order valence-electron chi connectivity index (χ3n) is 3.93. The number of likely N-dealkylation sites (tertiary alicyclic amines) is 1. The molecule has 1 aliphatic heterocycles. The number of carboxylic acid groups (broad SMARTS) is 1. The average Bonchev–Trinajstić information content (AvgIpc) is 2.48. The first-order valence-electron chi connectivity index (χ1n) is 6.70. The van der Waals surface area contributed by atoms with E-state index in [0.717, 1.165) is 0 Å². The number of methoxy groups -OCH3 is 2. The van der Waals surface area contributed by atoms with Gasteiger partial charge in [-0.3, -0.25) is 9.59 Å². The van der Waals surface area contributed by atoms with E-state index in [0.29, 0.717) is 23.5 Å². The molecule has 6 heteroatoms. The van der Waals surface area contributed by atoms with E-state index in [4.69, 9.17) is 9.47 Å². The van der Waals surface area contributed by atoms with Gasteiger partial charge in [0.05, 0.1) is 26.2 Å². The van der Waals surface area contributed by atoms with Crippen molar-refractivity contribution in [3.63, 3.8) is 0 Å². The second-order valence-corrected chi connectivity index (χ2v) is 5.04. The van der Waals surface area contributed by atoms with Crippen molar-refractivity contribution in [3.05, 3.63) is 23.8 Å². The average molecular weight is 293 g/mol. The van der Waals surface area contributed by atoms with E-state index in [1.54, 1.807) is 25.2 Å². The quantitative estimate of drug-likeness (QED) is 0.914. The SMILES string of the molecule is COc1ccc(OC)c(C2C(C(=O)O)CCC(=O)N2C)c1. The summed E-state index contributed by atoms with van der Waals surface area (Å²) in [5.41, 5.74) is 0.653. The van der Waals surface area contributed by atoms with E-state index in [9.17, 15) is 14.7 Å². The first-order valence-corrected chi connectivity index (χ1v) is 6.70. The van der Waals surface area contributed by atoms with Crippen LogP contribution < -0.4 is 9.47 Å². The summed E-state index contributed by atoms with van der Waals surface area (Å²) in [7, 11) is 4.68. The maximum absolute atomic E-state index is 12.0. The molecule has 1 aliphatic rings. The highest BCUT2D eigenvalue weighted by molar-refractivity contribution is 5.81. The molecule has 0 radical (unpaired) electrons. The van der Waals surface area contributed by atoms with Crippen LogP contribution >= 0.6 is 0 Å². The van der Waals surface area contributed by atoms with Crippen molar-refractivity contribution in [1.82, 2.24) is 4.90 Å². The summed E-state index contributed by atoms with van der Waals surface area (Å²) in [6, 6.07) is 4.63. The minimum Gasteiger partial charge on any atom is -0.497 e. The molecular weight excluding hydrogens is 274 g/mol. The second-order valence-electron chi connectivity index (χ2n) is 5.04. The van der Waals surface area contributed by atoms with Crippen LogP contribution in [-0.4, -0.2) is 43.2 Å². The van der Waals surface area contributed by atoms with Crippen molar-refractivity contribution in [2.24, 2.45) is 5.92 Å². The van der Waals surface area contributed by atoms with Crippen LogP contribution in [0.3, 0.4) is 0 Å². The smallest absolute Gasteiger partial charge is 0.308 e.